The molecule has 1 aliphatic heterocycles. The number of likely N-dealkylation sites (tertiary alicyclic amines) is 1. The summed E-state index contributed by atoms with van der Waals surface area (Å²) in [7, 11) is 0. The van der Waals surface area contributed by atoms with Crippen molar-refractivity contribution in [1.29, 1.82) is 0 Å². The predicted octanol–water partition coefficient (Wildman–Crippen LogP) is 3.32. The molecule has 1 aliphatic rings. The molecule has 0 aliphatic carbocycles. The van der Waals surface area contributed by atoms with Crippen molar-refractivity contribution in [3.8, 4) is 0 Å². The van der Waals surface area contributed by atoms with Gasteiger partial charge in [0.1, 0.15) is 5.82 Å². The van der Waals surface area contributed by atoms with Crippen molar-refractivity contribution in [1.82, 2.24) is 9.88 Å². The van der Waals surface area contributed by atoms with Crippen molar-refractivity contribution in [2.45, 2.75) is 18.6 Å². The van der Waals surface area contributed by atoms with Crippen molar-refractivity contribution in [2.24, 2.45) is 0 Å². The van der Waals surface area contributed by atoms with Crippen LogP contribution < -0.4 is 0 Å². The Balaban J connectivity index is 1.73. The number of amides is 1. The number of pyridine rings is 1. The van der Waals surface area contributed by atoms with Crippen LogP contribution in [0.4, 0.5) is 4.39 Å². The zero-order valence-corrected chi connectivity index (χ0v) is 13.5. The third-order valence-corrected chi connectivity index (χ3v) is 4.69. The molecule has 0 saturated carbocycles. The summed E-state index contributed by atoms with van der Waals surface area (Å²) in [5, 5.41) is 11.8. The van der Waals surface area contributed by atoms with Crippen LogP contribution >= 0.6 is 0 Å². The first-order valence-electron chi connectivity index (χ1n) is 8.21. The normalized spacial score (nSPS) is 20.2. The molecule has 0 spiro atoms. The van der Waals surface area contributed by atoms with E-state index in [1.807, 2.05) is 24.3 Å². The number of rotatable bonds is 2. The number of benzene rings is 2. The minimum Gasteiger partial charge on any atom is -0.391 e. The molecule has 2 aromatic carbocycles. The molecule has 4 nitrogen and oxygen atoms in total. The monoisotopic (exact) mass is 336 g/mol. The summed E-state index contributed by atoms with van der Waals surface area (Å²) in [6.45, 7) is 0.254. The molecule has 4 rings (SSSR count). The van der Waals surface area contributed by atoms with Crippen molar-refractivity contribution >= 4 is 16.7 Å². The molecule has 5 heteroatoms. The number of carbonyl (C=O) groups excluding carboxylic acids is 1. The lowest BCUT2D eigenvalue weighted by molar-refractivity contribution is 0.0717. The van der Waals surface area contributed by atoms with E-state index in [9.17, 15) is 14.3 Å². The SMILES string of the molecule is O=C(c1cncc2ccccc12)N1C[C@@H](O)C[C@@H]1c1ccc(F)cc1. The van der Waals surface area contributed by atoms with Gasteiger partial charge in [0, 0.05) is 24.3 Å². The van der Waals surface area contributed by atoms with Gasteiger partial charge in [0.05, 0.1) is 17.7 Å². The van der Waals surface area contributed by atoms with Crippen LogP contribution in [0.5, 0.6) is 0 Å². The lowest BCUT2D eigenvalue weighted by Gasteiger charge is -2.25. The molecular weight excluding hydrogens is 319 g/mol. The smallest absolute Gasteiger partial charge is 0.256 e. The first-order valence-corrected chi connectivity index (χ1v) is 8.21. The Morgan fingerprint density at radius 1 is 1.12 bits per heavy atom. The fourth-order valence-corrected chi connectivity index (χ4v) is 3.48. The summed E-state index contributed by atoms with van der Waals surface area (Å²) in [6, 6.07) is 13.4. The van der Waals surface area contributed by atoms with E-state index in [2.05, 4.69) is 4.98 Å². The van der Waals surface area contributed by atoms with Gasteiger partial charge in [-0.15, -0.1) is 0 Å². The van der Waals surface area contributed by atoms with E-state index in [1.165, 1.54) is 12.1 Å². The van der Waals surface area contributed by atoms with Crippen molar-refractivity contribution in [3.05, 3.63) is 77.9 Å². The van der Waals surface area contributed by atoms with Gasteiger partial charge in [0.25, 0.3) is 5.91 Å². The first-order chi connectivity index (χ1) is 12.1. The van der Waals surface area contributed by atoms with E-state index < -0.39 is 6.10 Å². The fraction of sp³-hybridized carbons (Fsp3) is 0.200. The molecule has 1 fully saturated rings. The fourth-order valence-electron chi connectivity index (χ4n) is 3.48. The van der Waals surface area contributed by atoms with Crippen molar-refractivity contribution < 1.29 is 14.3 Å². The van der Waals surface area contributed by atoms with Gasteiger partial charge in [-0.25, -0.2) is 4.39 Å². The Labute approximate surface area is 144 Å². The second-order valence-corrected chi connectivity index (χ2v) is 6.32. The van der Waals surface area contributed by atoms with Crippen molar-refractivity contribution in [3.63, 3.8) is 0 Å². The average Bonchev–Trinajstić information content (AvgIpc) is 3.03. The number of aliphatic hydroxyl groups is 1. The molecule has 0 radical (unpaired) electrons. The van der Waals surface area contributed by atoms with Gasteiger partial charge in [-0.05, 0) is 29.5 Å². The number of hydrogen-bond acceptors (Lipinski definition) is 3. The number of carbonyl (C=O) groups is 1. The number of hydrogen-bond donors (Lipinski definition) is 1. The van der Waals surface area contributed by atoms with E-state index >= 15 is 0 Å². The van der Waals surface area contributed by atoms with Crippen LogP contribution in [-0.2, 0) is 0 Å². The molecule has 126 valence electrons. The van der Waals surface area contributed by atoms with E-state index in [0.717, 1.165) is 16.3 Å². The third kappa shape index (κ3) is 2.87. The van der Waals surface area contributed by atoms with Crippen LogP contribution in [0.3, 0.4) is 0 Å². The molecule has 0 bridgehead atoms. The Morgan fingerprint density at radius 3 is 2.68 bits per heavy atom. The maximum absolute atomic E-state index is 13.2. The summed E-state index contributed by atoms with van der Waals surface area (Å²) in [4.78, 5) is 19.0. The van der Waals surface area contributed by atoms with E-state index in [0.29, 0.717) is 12.0 Å². The molecule has 25 heavy (non-hydrogen) atoms. The van der Waals surface area contributed by atoms with Crippen LogP contribution in [0, 0.1) is 5.82 Å². The molecule has 0 unspecified atom stereocenters. The van der Waals surface area contributed by atoms with Crippen LogP contribution in [0.1, 0.15) is 28.4 Å². The number of aliphatic hydroxyl groups excluding tert-OH is 1. The topological polar surface area (TPSA) is 53.4 Å². The Bertz CT molecular complexity index is 921. The Morgan fingerprint density at radius 2 is 1.88 bits per heavy atom. The standard InChI is InChI=1S/C20H17FN2O2/c21-15-7-5-13(6-8-15)19-9-16(24)12-23(19)20(25)18-11-22-10-14-3-1-2-4-17(14)18/h1-8,10-11,16,19,24H,9,12H2/t16-,19+/m0/s1. The Hall–Kier alpha value is -2.79. The van der Waals surface area contributed by atoms with Crippen LogP contribution in [0.2, 0.25) is 0 Å². The quantitative estimate of drug-likeness (QED) is 0.781. The van der Waals surface area contributed by atoms with Gasteiger partial charge in [-0.3, -0.25) is 9.78 Å². The summed E-state index contributed by atoms with van der Waals surface area (Å²) in [5.41, 5.74) is 1.33. The number of fused-ring (bicyclic) bond motifs is 1. The minimum absolute atomic E-state index is 0.171. The highest BCUT2D eigenvalue weighted by molar-refractivity contribution is 6.06. The largest absolute Gasteiger partial charge is 0.391 e. The summed E-state index contributed by atoms with van der Waals surface area (Å²) >= 11 is 0. The number of halogens is 1. The lowest BCUT2D eigenvalue weighted by Crippen LogP contribution is -2.32. The highest BCUT2D eigenvalue weighted by Gasteiger charge is 2.36. The second-order valence-electron chi connectivity index (χ2n) is 6.32. The minimum atomic E-state index is -0.595. The molecule has 2 heterocycles. The molecule has 1 N–H and O–H groups in total. The number of aromatic nitrogens is 1. The van der Waals surface area contributed by atoms with E-state index in [4.69, 9.17) is 0 Å². The van der Waals surface area contributed by atoms with Crippen LogP contribution in [0.25, 0.3) is 10.8 Å². The zero-order valence-electron chi connectivity index (χ0n) is 13.5. The maximum atomic E-state index is 13.2. The van der Waals surface area contributed by atoms with Crippen molar-refractivity contribution in [2.75, 3.05) is 6.54 Å². The zero-order chi connectivity index (χ0) is 17.4. The molecule has 3 aromatic rings. The lowest BCUT2D eigenvalue weighted by atomic mass is 10.0. The molecule has 2 atom stereocenters. The molecule has 1 aromatic heterocycles. The van der Waals surface area contributed by atoms with Gasteiger partial charge in [-0.2, -0.15) is 0 Å². The van der Waals surface area contributed by atoms with Gasteiger partial charge in [0.2, 0.25) is 0 Å². The van der Waals surface area contributed by atoms with Crippen LogP contribution in [-0.4, -0.2) is 33.5 Å². The summed E-state index contributed by atoms with van der Waals surface area (Å²) in [5.74, 6) is -0.492. The summed E-state index contributed by atoms with van der Waals surface area (Å²) in [6.07, 6.45) is 3.14. The Kier molecular flexibility index (Phi) is 3.93. The van der Waals surface area contributed by atoms with Gasteiger partial charge in [0.15, 0.2) is 0 Å². The molecule has 1 saturated heterocycles. The molecular formula is C20H17FN2O2. The number of nitrogens with zero attached hydrogens (tertiary/aromatic N) is 2. The van der Waals surface area contributed by atoms with Crippen LogP contribution in [0.15, 0.2) is 60.9 Å². The molecule has 1 amide bonds. The van der Waals surface area contributed by atoms with Gasteiger partial charge >= 0.3 is 0 Å². The van der Waals surface area contributed by atoms with Gasteiger partial charge < -0.3 is 10.0 Å². The highest BCUT2D eigenvalue weighted by atomic mass is 19.1. The third-order valence-electron chi connectivity index (χ3n) is 4.69. The number of β-amino-alcohol motifs (C(OH)–C–C–N with tert-alkyl or cyclic N) is 1. The maximum Gasteiger partial charge on any atom is 0.256 e. The summed E-state index contributed by atoms with van der Waals surface area (Å²) < 4.78 is 13.2. The van der Waals surface area contributed by atoms with Gasteiger partial charge in [-0.1, -0.05) is 36.4 Å². The van der Waals surface area contributed by atoms with E-state index in [1.54, 1.807) is 29.4 Å². The van der Waals surface area contributed by atoms with E-state index in [-0.39, 0.29) is 24.3 Å². The first kappa shape index (κ1) is 15.7. The predicted molar refractivity (Wildman–Crippen MR) is 92.5 cm³/mol. The average molecular weight is 336 g/mol. The highest BCUT2D eigenvalue weighted by Crippen LogP contribution is 2.34. The second kappa shape index (κ2) is 6.26.